The number of benzene rings is 1. The summed E-state index contributed by atoms with van der Waals surface area (Å²) < 4.78 is 6.54. The van der Waals surface area contributed by atoms with Gasteiger partial charge in [-0.3, -0.25) is 4.79 Å². The number of carboxylic acid groups (broad SMARTS) is 1. The van der Waals surface area contributed by atoms with Gasteiger partial charge in [-0.2, -0.15) is 10.1 Å². The molecular formula is C18H19N5O4. The summed E-state index contributed by atoms with van der Waals surface area (Å²) >= 11 is 0. The number of hydrogen-bond acceptors (Lipinski definition) is 6. The van der Waals surface area contributed by atoms with Crippen LogP contribution in [0.4, 0.5) is 5.69 Å². The number of hydrogen-bond donors (Lipinski definition) is 2. The third-order valence-corrected chi connectivity index (χ3v) is 3.80. The number of rotatable bonds is 7. The van der Waals surface area contributed by atoms with Crippen molar-refractivity contribution in [3.63, 3.8) is 0 Å². The summed E-state index contributed by atoms with van der Waals surface area (Å²) in [5.74, 6) is -0.148. The third-order valence-electron chi connectivity index (χ3n) is 3.80. The van der Waals surface area contributed by atoms with Crippen molar-refractivity contribution in [2.75, 3.05) is 5.32 Å². The molecule has 1 aromatic carbocycles. The topological polar surface area (TPSA) is 123 Å². The number of nitrogens with one attached hydrogen (secondary N) is 1. The SMILES string of the molecule is CC(C)c1noc(CCC(=O)Nc2ccccc2-n2ccc(C(=O)O)n2)n1. The molecule has 0 saturated carbocycles. The minimum atomic E-state index is -1.12. The van der Waals surface area contributed by atoms with Crippen molar-refractivity contribution in [2.24, 2.45) is 0 Å². The number of carboxylic acids is 1. The van der Waals surface area contributed by atoms with Gasteiger partial charge in [0.2, 0.25) is 11.8 Å². The fourth-order valence-electron chi connectivity index (χ4n) is 2.39. The van der Waals surface area contributed by atoms with Crippen LogP contribution in [0.15, 0.2) is 41.1 Å². The minimum Gasteiger partial charge on any atom is -0.476 e. The molecule has 0 aliphatic rings. The standard InChI is InChI=1S/C18H19N5O4/c1-11(2)17-20-16(27-22-17)8-7-15(24)19-12-5-3-4-6-14(12)23-10-9-13(21-23)18(25)26/h3-6,9-11H,7-8H2,1-2H3,(H,19,24)(H,25,26). The number of aryl methyl sites for hydroxylation is 1. The number of amides is 1. The first-order valence-electron chi connectivity index (χ1n) is 8.44. The van der Waals surface area contributed by atoms with E-state index < -0.39 is 5.97 Å². The van der Waals surface area contributed by atoms with E-state index in [0.29, 0.717) is 29.5 Å². The van der Waals surface area contributed by atoms with Gasteiger partial charge in [0.05, 0.1) is 11.4 Å². The smallest absolute Gasteiger partial charge is 0.356 e. The molecule has 9 heteroatoms. The lowest BCUT2D eigenvalue weighted by Crippen LogP contribution is -2.14. The molecule has 140 valence electrons. The fraction of sp³-hybridized carbons (Fsp3) is 0.278. The summed E-state index contributed by atoms with van der Waals surface area (Å²) in [6.07, 6.45) is 2.03. The molecule has 1 amide bonds. The van der Waals surface area contributed by atoms with Gasteiger partial charge in [-0.25, -0.2) is 9.48 Å². The Labute approximate surface area is 155 Å². The second-order valence-corrected chi connectivity index (χ2v) is 6.22. The van der Waals surface area contributed by atoms with Crippen LogP contribution in [0.25, 0.3) is 5.69 Å². The van der Waals surface area contributed by atoms with Gasteiger partial charge < -0.3 is 14.9 Å². The molecule has 2 aromatic heterocycles. The second-order valence-electron chi connectivity index (χ2n) is 6.22. The predicted molar refractivity (Wildman–Crippen MR) is 95.9 cm³/mol. The van der Waals surface area contributed by atoms with E-state index in [0.717, 1.165) is 0 Å². The van der Waals surface area contributed by atoms with Gasteiger partial charge in [0.1, 0.15) is 0 Å². The van der Waals surface area contributed by atoms with Crippen LogP contribution in [0.2, 0.25) is 0 Å². The molecule has 0 unspecified atom stereocenters. The van der Waals surface area contributed by atoms with Gasteiger partial charge in [-0.1, -0.05) is 31.1 Å². The van der Waals surface area contributed by atoms with E-state index in [1.165, 1.54) is 16.9 Å². The Morgan fingerprint density at radius 2 is 2.04 bits per heavy atom. The molecule has 0 fully saturated rings. The zero-order valence-corrected chi connectivity index (χ0v) is 14.9. The Balaban J connectivity index is 1.67. The molecule has 0 aliphatic carbocycles. The van der Waals surface area contributed by atoms with Gasteiger partial charge in [0, 0.05) is 25.0 Å². The first-order chi connectivity index (χ1) is 12.9. The van der Waals surface area contributed by atoms with Crippen molar-refractivity contribution in [1.82, 2.24) is 19.9 Å². The molecule has 0 atom stereocenters. The van der Waals surface area contributed by atoms with Gasteiger partial charge in [0.15, 0.2) is 11.5 Å². The Kier molecular flexibility index (Phi) is 5.30. The van der Waals surface area contributed by atoms with E-state index in [4.69, 9.17) is 9.63 Å². The highest BCUT2D eigenvalue weighted by molar-refractivity contribution is 5.93. The average Bonchev–Trinajstić information content (AvgIpc) is 3.30. The highest BCUT2D eigenvalue weighted by Gasteiger charge is 2.14. The summed E-state index contributed by atoms with van der Waals surface area (Å²) in [6.45, 7) is 3.92. The number of aromatic nitrogens is 4. The van der Waals surface area contributed by atoms with Crippen LogP contribution in [0.3, 0.4) is 0 Å². The van der Waals surface area contributed by atoms with Crippen LogP contribution in [-0.2, 0) is 11.2 Å². The van der Waals surface area contributed by atoms with Crippen LogP contribution in [0.1, 0.15) is 48.4 Å². The lowest BCUT2D eigenvalue weighted by atomic mass is 10.2. The molecular weight excluding hydrogens is 350 g/mol. The van der Waals surface area contributed by atoms with Crippen LogP contribution in [0.5, 0.6) is 0 Å². The van der Waals surface area contributed by atoms with Crippen molar-refractivity contribution in [1.29, 1.82) is 0 Å². The van der Waals surface area contributed by atoms with Crippen LogP contribution in [0, 0.1) is 0 Å². The van der Waals surface area contributed by atoms with Gasteiger partial charge >= 0.3 is 5.97 Å². The monoisotopic (exact) mass is 369 g/mol. The van der Waals surface area contributed by atoms with E-state index in [2.05, 4.69) is 20.6 Å². The van der Waals surface area contributed by atoms with Crippen molar-refractivity contribution >= 4 is 17.6 Å². The van der Waals surface area contributed by atoms with Crippen LogP contribution in [-0.4, -0.2) is 36.9 Å². The average molecular weight is 369 g/mol. The van der Waals surface area contributed by atoms with Crippen molar-refractivity contribution in [2.45, 2.75) is 32.6 Å². The van der Waals surface area contributed by atoms with E-state index in [1.807, 2.05) is 13.8 Å². The lowest BCUT2D eigenvalue weighted by Gasteiger charge is -2.10. The molecule has 0 spiro atoms. The number of aromatic carboxylic acids is 1. The largest absolute Gasteiger partial charge is 0.476 e. The third kappa shape index (κ3) is 4.38. The maximum absolute atomic E-state index is 12.3. The number of carbonyl (C=O) groups excluding carboxylic acids is 1. The summed E-state index contributed by atoms with van der Waals surface area (Å²) in [5, 5.41) is 19.7. The van der Waals surface area contributed by atoms with E-state index >= 15 is 0 Å². The minimum absolute atomic E-state index is 0.0755. The Morgan fingerprint density at radius 1 is 1.26 bits per heavy atom. The fourth-order valence-corrected chi connectivity index (χ4v) is 2.39. The molecule has 0 radical (unpaired) electrons. The second kappa shape index (κ2) is 7.81. The van der Waals surface area contributed by atoms with Crippen LogP contribution >= 0.6 is 0 Å². The quantitative estimate of drug-likeness (QED) is 0.656. The molecule has 3 rings (SSSR count). The molecule has 3 aromatic rings. The van der Waals surface area contributed by atoms with Crippen molar-refractivity contribution in [3.05, 3.63) is 53.9 Å². The maximum atomic E-state index is 12.3. The maximum Gasteiger partial charge on any atom is 0.356 e. The molecule has 2 heterocycles. The predicted octanol–water partition coefficient (Wildman–Crippen LogP) is 2.65. The molecule has 9 nitrogen and oxygen atoms in total. The molecule has 2 N–H and O–H groups in total. The normalized spacial score (nSPS) is 10.9. The Morgan fingerprint density at radius 3 is 2.70 bits per heavy atom. The molecule has 0 saturated heterocycles. The van der Waals surface area contributed by atoms with Crippen molar-refractivity contribution in [3.8, 4) is 5.69 Å². The van der Waals surface area contributed by atoms with Crippen LogP contribution < -0.4 is 5.32 Å². The summed E-state index contributed by atoms with van der Waals surface area (Å²) in [5.41, 5.74) is 1.02. The number of para-hydroxylation sites is 2. The Hall–Kier alpha value is -3.49. The zero-order chi connectivity index (χ0) is 19.4. The number of anilines is 1. The molecule has 0 bridgehead atoms. The number of nitrogens with zero attached hydrogens (tertiary/aromatic N) is 4. The van der Waals surface area contributed by atoms with E-state index in [-0.39, 0.29) is 23.9 Å². The van der Waals surface area contributed by atoms with E-state index in [1.54, 1.807) is 24.3 Å². The lowest BCUT2D eigenvalue weighted by molar-refractivity contribution is -0.116. The first kappa shape index (κ1) is 18.3. The highest BCUT2D eigenvalue weighted by atomic mass is 16.5. The highest BCUT2D eigenvalue weighted by Crippen LogP contribution is 2.20. The number of carbonyl (C=O) groups is 2. The summed E-state index contributed by atoms with van der Waals surface area (Å²) in [6, 6.07) is 8.40. The first-order valence-corrected chi connectivity index (χ1v) is 8.44. The van der Waals surface area contributed by atoms with Crippen molar-refractivity contribution < 1.29 is 19.2 Å². The Bertz CT molecular complexity index is 960. The summed E-state index contributed by atoms with van der Waals surface area (Å²) in [4.78, 5) is 27.6. The zero-order valence-electron chi connectivity index (χ0n) is 14.9. The van der Waals surface area contributed by atoms with E-state index in [9.17, 15) is 9.59 Å². The van der Waals surface area contributed by atoms with Gasteiger partial charge in [-0.05, 0) is 18.2 Å². The summed E-state index contributed by atoms with van der Waals surface area (Å²) in [7, 11) is 0. The molecule has 0 aliphatic heterocycles. The van der Waals surface area contributed by atoms with Gasteiger partial charge in [0.25, 0.3) is 0 Å². The van der Waals surface area contributed by atoms with Gasteiger partial charge in [-0.15, -0.1) is 0 Å². The molecule has 27 heavy (non-hydrogen) atoms.